The summed E-state index contributed by atoms with van der Waals surface area (Å²) >= 11 is 1.66. The first-order valence-electron chi connectivity index (χ1n) is 8.13. The molecule has 0 radical (unpaired) electrons. The SMILES string of the molecule is CCc1ccsc1C(O)c1ccc(C2CCCCC2)cc1. The molecule has 2 heteroatoms. The van der Waals surface area contributed by atoms with Crippen molar-refractivity contribution in [3.63, 3.8) is 0 Å². The molecule has 1 aromatic carbocycles. The summed E-state index contributed by atoms with van der Waals surface area (Å²) in [7, 11) is 0. The van der Waals surface area contributed by atoms with Crippen LogP contribution in [0.25, 0.3) is 0 Å². The molecule has 2 aromatic rings. The molecule has 1 N–H and O–H groups in total. The van der Waals surface area contributed by atoms with E-state index in [4.69, 9.17) is 0 Å². The summed E-state index contributed by atoms with van der Waals surface area (Å²) in [5, 5.41) is 12.7. The van der Waals surface area contributed by atoms with Gasteiger partial charge in [0, 0.05) is 4.88 Å². The number of hydrogen-bond acceptors (Lipinski definition) is 2. The molecule has 1 aromatic heterocycles. The Kier molecular flexibility index (Phi) is 4.77. The Balaban J connectivity index is 1.77. The second-order valence-corrected chi connectivity index (χ2v) is 7.02. The lowest BCUT2D eigenvalue weighted by molar-refractivity contribution is 0.223. The molecular formula is C19H24OS. The average molecular weight is 300 g/mol. The summed E-state index contributed by atoms with van der Waals surface area (Å²) in [5.41, 5.74) is 3.74. The van der Waals surface area contributed by atoms with Crippen LogP contribution in [0, 0.1) is 0 Å². The van der Waals surface area contributed by atoms with Crippen molar-refractivity contribution in [2.75, 3.05) is 0 Å². The van der Waals surface area contributed by atoms with Gasteiger partial charge in [-0.25, -0.2) is 0 Å². The average Bonchev–Trinajstić information content (AvgIpc) is 3.04. The standard InChI is InChI=1S/C19H24OS/c1-2-14-12-13-21-19(14)18(20)17-10-8-16(9-11-17)15-6-4-3-5-7-15/h8-13,15,18,20H,2-7H2,1H3. The van der Waals surface area contributed by atoms with Crippen molar-refractivity contribution in [1.82, 2.24) is 0 Å². The molecule has 21 heavy (non-hydrogen) atoms. The minimum atomic E-state index is -0.472. The van der Waals surface area contributed by atoms with Gasteiger partial charge in [-0.1, -0.05) is 50.5 Å². The topological polar surface area (TPSA) is 20.2 Å². The van der Waals surface area contributed by atoms with Gasteiger partial charge in [-0.3, -0.25) is 0 Å². The van der Waals surface area contributed by atoms with Crippen molar-refractivity contribution in [3.05, 3.63) is 57.3 Å². The highest BCUT2D eigenvalue weighted by atomic mass is 32.1. The molecule has 1 saturated carbocycles. The summed E-state index contributed by atoms with van der Waals surface area (Å²) < 4.78 is 0. The van der Waals surface area contributed by atoms with Gasteiger partial charge in [0.15, 0.2) is 0 Å². The van der Waals surface area contributed by atoms with Crippen LogP contribution in [0.15, 0.2) is 35.7 Å². The molecule has 0 saturated heterocycles. The second kappa shape index (κ2) is 6.76. The predicted molar refractivity (Wildman–Crippen MR) is 90.0 cm³/mol. The smallest absolute Gasteiger partial charge is 0.113 e. The van der Waals surface area contributed by atoms with E-state index in [1.54, 1.807) is 11.3 Å². The minimum Gasteiger partial charge on any atom is -0.383 e. The summed E-state index contributed by atoms with van der Waals surface area (Å²) in [6.07, 6.45) is 7.29. The van der Waals surface area contributed by atoms with Crippen LogP contribution in [0.3, 0.4) is 0 Å². The Morgan fingerprint density at radius 2 is 1.81 bits per heavy atom. The molecular weight excluding hydrogens is 276 g/mol. The zero-order valence-electron chi connectivity index (χ0n) is 12.7. The number of thiophene rings is 1. The summed E-state index contributed by atoms with van der Waals surface area (Å²) in [4.78, 5) is 1.10. The van der Waals surface area contributed by atoms with Gasteiger partial charge in [0.05, 0.1) is 0 Å². The molecule has 3 rings (SSSR count). The highest BCUT2D eigenvalue weighted by molar-refractivity contribution is 7.10. The van der Waals surface area contributed by atoms with Crippen molar-refractivity contribution < 1.29 is 5.11 Å². The number of aliphatic hydroxyl groups excluding tert-OH is 1. The van der Waals surface area contributed by atoms with E-state index < -0.39 is 6.10 Å². The fourth-order valence-corrected chi connectivity index (χ4v) is 4.42. The Labute approximate surface area is 131 Å². The van der Waals surface area contributed by atoms with Gasteiger partial charge in [-0.05, 0) is 53.3 Å². The van der Waals surface area contributed by atoms with Crippen LogP contribution >= 0.6 is 11.3 Å². The first-order valence-corrected chi connectivity index (χ1v) is 9.01. The molecule has 0 amide bonds. The van der Waals surface area contributed by atoms with Gasteiger partial charge >= 0.3 is 0 Å². The maximum absolute atomic E-state index is 10.6. The van der Waals surface area contributed by atoms with Gasteiger partial charge in [0.25, 0.3) is 0 Å². The zero-order valence-corrected chi connectivity index (χ0v) is 13.5. The summed E-state index contributed by atoms with van der Waals surface area (Å²) in [5.74, 6) is 0.734. The van der Waals surface area contributed by atoms with Crippen LogP contribution in [0.2, 0.25) is 0 Å². The molecule has 1 unspecified atom stereocenters. The number of hydrogen-bond donors (Lipinski definition) is 1. The maximum atomic E-state index is 10.6. The lowest BCUT2D eigenvalue weighted by Crippen LogP contribution is -2.05. The molecule has 1 heterocycles. The number of aliphatic hydroxyl groups is 1. The molecule has 1 atom stereocenters. The van der Waals surface area contributed by atoms with Crippen LogP contribution in [0.1, 0.15) is 72.6 Å². The van der Waals surface area contributed by atoms with E-state index in [-0.39, 0.29) is 0 Å². The van der Waals surface area contributed by atoms with Crippen LogP contribution in [-0.4, -0.2) is 5.11 Å². The minimum absolute atomic E-state index is 0.472. The predicted octanol–water partition coefficient (Wildman–Crippen LogP) is 5.44. The van der Waals surface area contributed by atoms with Gasteiger partial charge < -0.3 is 5.11 Å². The largest absolute Gasteiger partial charge is 0.383 e. The van der Waals surface area contributed by atoms with Gasteiger partial charge in [-0.15, -0.1) is 11.3 Å². The third-order valence-corrected chi connectivity index (χ3v) is 5.75. The lowest BCUT2D eigenvalue weighted by atomic mass is 9.84. The summed E-state index contributed by atoms with van der Waals surface area (Å²) in [6, 6.07) is 10.8. The third kappa shape index (κ3) is 3.22. The first kappa shape index (κ1) is 14.8. The van der Waals surface area contributed by atoms with Gasteiger partial charge in [-0.2, -0.15) is 0 Å². The quantitative estimate of drug-likeness (QED) is 0.797. The van der Waals surface area contributed by atoms with E-state index in [2.05, 4.69) is 42.6 Å². The molecule has 0 bridgehead atoms. The third-order valence-electron chi connectivity index (χ3n) is 4.74. The highest BCUT2D eigenvalue weighted by Gasteiger charge is 2.18. The molecule has 1 aliphatic carbocycles. The van der Waals surface area contributed by atoms with Crippen molar-refractivity contribution >= 4 is 11.3 Å². The summed E-state index contributed by atoms with van der Waals surface area (Å²) in [6.45, 7) is 2.14. The highest BCUT2D eigenvalue weighted by Crippen LogP contribution is 2.34. The maximum Gasteiger partial charge on any atom is 0.113 e. The van der Waals surface area contributed by atoms with Gasteiger partial charge in [0.1, 0.15) is 6.10 Å². The van der Waals surface area contributed by atoms with E-state index in [1.807, 2.05) is 0 Å². The van der Waals surface area contributed by atoms with E-state index >= 15 is 0 Å². The van der Waals surface area contributed by atoms with E-state index in [0.29, 0.717) is 0 Å². The Morgan fingerprint density at radius 1 is 1.10 bits per heavy atom. The Bertz CT molecular complexity index is 564. The van der Waals surface area contributed by atoms with Crippen LogP contribution < -0.4 is 0 Å². The lowest BCUT2D eigenvalue weighted by Gasteiger charge is -2.22. The van der Waals surface area contributed by atoms with E-state index in [9.17, 15) is 5.11 Å². The molecule has 1 fully saturated rings. The van der Waals surface area contributed by atoms with Crippen LogP contribution in [0.4, 0.5) is 0 Å². The molecule has 0 spiro atoms. The Morgan fingerprint density at radius 3 is 2.48 bits per heavy atom. The van der Waals surface area contributed by atoms with Crippen LogP contribution in [-0.2, 0) is 6.42 Å². The van der Waals surface area contributed by atoms with Crippen molar-refractivity contribution in [1.29, 1.82) is 0 Å². The molecule has 1 nitrogen and oxygen atoms in total. The zero-order chi connectivity index (χ0) is 14.7. The second-order valence-electron chi connectivity index (χ2n) is 6.07. The Hall–Kier alpha value is -1.12. The van der Waals surface area contributed by atoms with Gasteiger partial charge in [0.2, 0.25) is 0 Å². The number of aryl methyl sites for hydroxylation is 1. The number of benzene rings is 1. The first-order chi connectivity index (χ1) is 10.3. The normalized spacial score (nSPS) is 17.8. The molecule has 0 aliphatic heterocycles. The monoisotopic (exact) mass is 300 g/mol. The van der Waals surface area contributed by atoms with Crippen molar-refractivity contribution in [3.8, 4) is 0 Å². The molecule has 112 valence electrons. The number of rotatable bonds is 4. The van der Waals surface area contributed by atoms with E-state index in [0.717, 1.165) is 22.8 Å². The molecule has 1 aliphatic rings. The van der Waals surface area contributed by atoms with Crippen molar-refractivity contribution in [2.24, 2.45) is 0 Å². The van der Waals surface area contributed by atoms with E-state index in [1.165, 1.54) is 43.2 Å². The fraction of sp³-hybridized carbons (Fsp3) is 0.474. The fourth-order valence-electron chi connectivity index (χ4n) is 3.42. The van der Waals surface area contributed by atoms with Crippen molar-refractivity contribution in [2.45, 2.75) is 57.5 Å². The van der Waals surface area contributed by atoms with Crippen LogP contribution in [0.5, 0.6) is 0 Å².